The standard InChI is InChI=1S/C15H10BrClN2O2S/c16-12-3-7-14(8-4-12)19-22(20,21)15(10-18)9-11-1-5-13(17)6-2-11/h1-9,19H/b15-9+. The average Bonchev–Trinajstić information content (AvgIpc) is 2.48. The molecule has 0 aliphatic rings. The van der Waals surface area contributed by atoms with Crippen LogP contribution in [0.4, 0.5) is 5.69 Å². The van der Waals surface area contributed by atoms with Crippen molar-refractivity contribution in [2.45, 2.75) is 0 Å². The Morgan fingerprint density at radius 3 is 2.27 bits per heavy atom. The minimum absolute atomic E-state index is 0.375. The van der Waals surface area contributed by atoms with Gasteiger partial charge in [0.15, 0.2) is 4.91 Å². The van der Waals surface area contributed by atoms with Gasteiger partial charge in [0.25, 0.3) is 10.0 Å². The van der Waals surface area contributed by atoms with Crippen LogP contribution in [0.25, 0.3) is 6.08 Å². The van der Waals surface area contributed by atoms with Gasteiger partial charge in [0, 0.05) is 15.2 Å². The molecule has 7 heteroatoms. The van der Waals surface area contributed by atoms with E-state index >= 15 is 0 Å². The van der Waals surface area contributed by atoms with Gasteiger partial charge in [-0.2, -0.15) is 5.26 Å². The van der Waals surface area contributed by atoms with Crippen LogP contribution in [0.2, 0.25) is 5.02 Å². The Labute approximate surface area is 142 Å². The number of hydrogen-bond acceptors (Lipinski definition) is 3. The lowest BCUT2D eigenvalue weighted by atomic mass is 10.2. The molecule has 22 heavy (non-hydrogen) atoms. The van der Waals surface area contributed by atoms with Crippen LogP contribution in [0.1, 0.15) is 5.56 Å². The predicted octanol–water partition coefficient (Wildman–Crippen LogP) is 4.41. The van der Waals surface area contributed by atoms with E-state index in [4.69, 9.17) is 16.9 Å². The van der Waals surface area contributed by atoms with Crippen LogP contribution >= 0.6 is 27.5 Å². The number of nitriles is 1. The maximum Gasteiger partial charge on any atom is 0.272 e. The summed E-state index contributed by atoms with van der Waals surface area (Å²) in [6.07, 6.45) is 1.29. The van der Waals surface area contributed by atoms with Crippen molar-refractivity contribution in [1.82, 2.24) is 0 Å². The summed E-state index contributed by atoms with van der Waals surface area (Å²) < 4.78 is 27.7. The second-order valence-corrected chi connectivity index (χ2v) is 7.29. The Balaban J connectivity index is 2.31. The summed E-state index contributed by atoms with van der Waals surface area (Å²) in [5, 5.41) is 9.66. The fourth-order valence-electron chi connectivity index (χ4n) is 1.61. The molecule has 0 aromatic heterocycles. The Morgan fingerprint density at radius 2 is 1.73 bits per heavy atom. The molecule has 2 aromatic rings. The molecular formula is C15H10BrClN2O2S. The lowest BCUT2D eigenvalue weighted by molar-refractivity contribution is 0.608. The molecule has 0 unspecified atom stereocenters. The lowest BCUT2D eigenvalue weighted by Gasteiger charge is -2.07. The monoisotopic (exact) mass is 396 g/mol. The van der Waals surface area contributed by atoms with E-state index in [9.17, 15) is 8.42 Å². The predicted molar refractivity (Wildman–Crippen MR) is 91.7 cm³/mol. The van der Waals surface area contributed by atoms with Crippen LogP contribution < -0.4 is 4.72 Å². The minimum atomic E-state index is -3.94. The van der Waals surface area contributed by atoms with Crippen LogP contribution in [0, 0.1) is 11.3 Å². The van der Waals surface area contributed by atoms with E-state index in [1.54, 1.807) is 54.6 Å². The summed E-state index contributed by atoms with van der Waals surface area (Å²) in [5.41, 5.74) is 0.947. The summed E-state index contributed by atoms with van der Waals surface area (Å²) >= 11 is 9.04. The summed E-state index contributed by atoms with van der Waals surface area (Å²) in [4.78, 5) is -0.377. The van der Waals surface area contributed by atoms with Gasteiger partial charge in [-0.25, -0.2) is 8.42 Å². The summed E-state index contributed by atoms with van der Waals surface area (Å²) in [7, 11) is -3.94. The first-order valence-corrected chi connectivity index (χ1v) is 8.72. The molecule has 112 valence electrons. The van der Waals surface area contributed by atoms with Crippen molar-refractivity contribution >= 4 is 49.3 Å². The molecule has 0 aliphatic heterocycles. The van der Waals surface area contributed by atoms with E-state index < -0.39 is 10.0 Å². The van der Waals surface area contributed by atoms with Crippen LogP contribution in [-0.4, -0.2) is 8.42 Å². The molecule has 2 rings (SSSR count). The second-order valence-electron chi connectivity index (χ2n) is 4.28. The van der Waals surface area contributed by atoms with Crippen LogP contribution in [-0.2, 0) is 10.0 Å². The van der Waals surface area contributed by atoms with Gasteiger partial charge in [-0.3, -0.25) is 4.72 Å². The summed E-state index contributed by atoms with van der Waals surface area (Å²) in [5.74, 6) is 0. The third-order valence-electron chi connectivity index (χ3n) is 2.66. The van der Waals surface area contributed by atoms with E-state index in [1.807, 2.05) is 0 Å². The van der Waals surface area contributed by atoms with E-state index in [-0.39, 0.29) is 4.91 Å². The van der Waals surface area contributed by atoms with E-state index in [2.05, 4.69) is 20.7 Å². The third-order valence-corrected chi connectivity index (χ3v) is 4.74. The Morgan fingerprint density at radius 1 is 1.14 bits per heavy atom. The first-order valence-electron chi connectivity index (χ1n) is 6.06. The number of rotatable bonds is 4. The molecule has 0 aliphatic carbocycles. The second kappa shape index (κ2) is 6.97. The van der Waals surface area contributed by atoms with Crippen molar-refractivity contribution in [2.75, 3.05) is 4.72 Å². The minimum Gasteiger partial charge on any atom is -0.279 e. The number of benzene rings is 2. The highest BCUT2D eigenvalue weighted by Gasteiger charge is 2.17. The normalized spacial score (nSPS) is 11.8. The van der Waals surface area contributed by atoms with Crippen LogP contribution in [0.15, 0.2) is 57.9 Å². The fourth-order valence-corrected chi connectivity index (χ4v) is 2.97. The zero-order valence-corrected chi connectivity index (χ0v) is 14.3. The first-order chi connectivity index (χ1) is 10.4. The molecule has 0 heterocycles. The fraction of sp³-hybridized carbons (Fsp3) is 0. The van der Waals surface area contributed by atoms with Gasteiger partial charge in [0.05, 0.1) is 0 Å². The van der Waals surface area contributed by atoms with Gasteiger partial charge in [-0.05, 0) is 48.0 Å². The zero-order valence-electron chi connectivity index (χ0n) is 11.1. The molecule has 0 spiro atoms. The van der Waals surface area contributed by atoms with Gasteiger partial charge in [0.2, 0.25) is 0 Å². The van der Waals surface area contributed by atoms with Gasteiger partial charge in [-0.1, -0.05) is 39.7 Å². The Kier molecular flexibility index (Phi) is 5.24. The SMILES string of the molecule is N#C/C(=C\c1ccc(Cl)cc1)S(=O)(=O)Nc1ccc(Br)cc1. The number of hydrogen-bond donors (Lipinski definition) is 1. The number of nitrogens with one attached hydrogen (secondary N) is 1. The summed E-state index contributed by atoms with van der Waals surface area (Å²) in [6.45, 7) is 0. The van der Waals surface area contributed by atoms with E-state index in [1.165, 1.54) is 6.08 Å². The van der Waals surface area contributed by atoms with Crippen molar-refractivity contribution < 1.29 is 8.42 Å². The van der Waals surface area contributed by atoms with Crippen molar-refractivity contribution in [2.24, 2.45) is 0 Å². The van der Waals surface area contributed by atoms with Gasteiger partial charge >= 0.3 is 0 Å². The lowest BCUT2D eigenvalue weighted by Crippen LogP contribution is -2.14. The topological polar surface area (TPSA) is 70.0 Å². The van der Waals surface area contributed by atoms with Gasteiger partial charge in [0.1, 0.15) is 6.07 Å². The number of nitrogens with zero attached hydrogens (tertiary/aromatic N) is 1. The number of anilines is 1. The third kappa shape index (κ3) is 4.34. The molecule has 0 amide bonds. The van der Waals surface area contributed by atoms with E-state index in [0.29, 0.717) is 16.3 Å². The molecule has 1 N–H and O–H groups in total. The van der Waals surface area contributed by atoms with Gasteiger partial charge < -0.3 is 0 Å². The molecule has 0 fully saturated rings. The van der Waals surface area contributed by atoms with Crippen molar-refractivity contribution in [3.63, 3.8) is 0 Å². The molecule has 0 saturated carbocycles. The Bertz CT molecular complexity index is 839. The van der Waals surface area contributed by atoms with E-state index in [0.717, 1.165) is 4.47 Å². The molecule has 0 saturated heterocycles. The van der Waals surface area contributed by atoms with Crippen molar-refractivity contribution in [3.05, 3.63) is 68.5 Å². The highest BCUT2D eigenvalue weighted by molar-refractivity contribution is 9.10. The van der Waals surface area contributed by atoms with Gasteiger partial charge in [-0.15, -0.1) is 0 Å². The number of halogens is 2. The van der Waals surface area contributed by atoms with Crippen molar-refractivity contribution in [3.8, 4) is 6.07 Å². The number of sulfonamides is 1. The smallest absolute Gasteiger partial charge is 0.272 e. The molecule has 4 nitrogen and oxygen atoms in total. The molecule has 0 bridgehead atoms. The van der Waals surface area contributed by atoms with Crippen LogP contribution in [0.5, 0.6) is 0 Å². The number of allylic oxidation sites excluding steroid dienone is 1. The van der Waals surface area contributed by atoms with Crippen molar-refractivity contribution in [1.29, 1.82) is 5.26 Å². The Hall–Kier alpha value is -1.81. The molecule has 0 radical (unpaired) electrons. The largest absolute Gasteiger partial charge is 0.279 e. The maximum atomic E-state index is 12.2. The first kappa shape index (κ1) is 16.6. The molecular weight excluding hydrogens is 388 g/mol. The van der Waals surface area contributed by atoms with Crippen LogP contribution in [0.3, 0.4) is 0 Å². The zero-order chi connectivity index (χ0) is 16.2. The summed E-state index contributed by atoms with van der Waals surface area (Å²) in [6, 6.07) is 14.8. The molecule has 2 aromatic carbocycles. The average molecular weight is 398 g/mol. The highest BCUT2D eigenvalue weighted by atomic mass is 79.9. The highest BCUT2D eigenvalue weighted by Crippen LogP contribution is 2.19. The maximum absolute atomic E-state index is 12.2. The molecule has 0 atom stereocenters. The quantitative estimate of drug-likeness (QED) is 0.777.